The molecule has 1 saturated carbocycles. The van der Waals surface area contributed by atoms with E-state index in [0.717, 1.165) is 24.1 Å². The van der Waals surface area contributed by atoms with E-state index in [0.29, 0.717) is 18.0 Å². The Kier molecular flexibility index (Phi) is 3.90. The van der Waals surface area contributed by atoms with E-state index in [1.54, 1.807) is 47.1 Å². The molecular formula is C17H19N3O3. The first-order valence-corrected chi connectivity index (χ1v) is 7.57. The van der Waals surface area contributed by atoms with Gasteiger partial charge in [0.15, 0.2) is 0 Å². The van der Waals surface area contributed by atoms with Crippen LogP contribution in [-0.2, 0) is 13.6 Å². The third kappa shape index (κ3) is 3.11. The molecule has 1 aromatic heterocycles. The van der Waals surface area contributed by atoms with Crippen molar-refractivity contribution in [2.45, 2.75) is 25.3 Å². The average Bonchev–Trinajstić information content (AvgIpc) is 3.29. The molecule has 1 amide bonds. The number of hydrogen-bond donors (Lipinski definition) is 1. The number of carbonyl (C=O) groups is 2. The molecule has 1 aromatic carbocycles. The number of hydrogen-bond acceptors (Lipinski definition) is 3. The van der Waals surface area contributed by atoms with Gasteiger partial charge in [0.25, 0.3) is 5.91 Å². The summed E-state index contributed by atoms with van der Waals surface area (Å²) < 4.78 is 1.79. The van der Waals surface area contributed by atoms with Crippen LogP contribution in [0, 0.1) is 0 Å². The Morgan fingerprint density at radius 2 is 1.96 bits per heavy atom. The Morgan fingerprint density at radius 1 is 1.30 bits per heavy atom. The van der Waals surface area contributed by atoms with E-state index in [1.807, 2.05) is 7.05 Å². The van der Waals surface area contributed by atoms with E-state index in [2.05, 4.69) is 5.10 Å². The van der Waals surface area contributed by atoms with Gasteiger partial charge in [0.1, 0.15) is 0 Å². The predicted octanol–water partition coefficient (Wildman–Crippen LogP) is 2.27. The Bertz CT molecular complexity index is 745. The van der Waals surface area contributed by atoms with E-state index in [4.69, 9.17) is 5.11 Å². The van der Waals surface area contributed by atoms with E-state index in [-0.39, 0.29) is 11.5 Å². The standard InChI is InChI=1S/C17H19N3O3/c1-19(10-11-3-5-13(6-4-11)17(22)23)16(21)14-9-18-20(2)15(14)12-7-8-12/h3-6,9,12H,7-8,10H2,1-2H3,(H,22,23). The fraction of sp³-hybridized carbons (Fsp3) is 0.353. The lowest BCUT2D eigenvalue weighted by atomic mass is 10.1. The molecule has 2 aromatic rings. The molecule has 0 saturated heterocycles. The Morgan fingerprint density at radius 3 is 2.52 bits per heavy atom. The van der Waals surface area contributed by atoms with E-state index < -0.39 is 5.97 Å². The van der Waals surface area contributed by atoms with Crippen LogP contribution in [0.15, 0.2) is 30.5 Å². The average molecular weight is 313 g/mol. The summed E-state index contributed by atoms with van der Waals surface area (Å²) in [5.74, 6) is -0.558. The summed E-state index contributed by atoms with van der Waals surface area (Å²) in [6.07, 6.45) is 3.86. The molecule has 23 heavy (non-hydrogen) atoms. The smallest absolute Gasteiger partial charge is 0.335 e. The third-order valence-electron chi connectivity index (χ3n) is 4.15. The molecule has 0 unspecified atom stereocenters. The predicted molar refractivity (Wildman–Crippen MR) is 84.4 cm³/mol. The first-order valence-electron chi connectivity index (χ1n) is 7.57. The molecule has 6 nitrogen and oxygen atoms in total. The maximum Gasteiger partial charge on any atom is 0.335 e. The molecule has 0 spiro atoms. The van der Waals surface area contributed by atoms with Crippen molar-refractivity contribution < 1.29 is 14.7 Å². The normalized spacial score (nSPS) is 13.8. The van der Waals surface area contributed by atoms with Crippen molar-refractivity contribution in [3.05, 3.63) is 52.8 Å². The summed E-state index contributed by atoms with van der Waals surface area (Å²) >= 11 is 0. The lowest BCUT2D eigenvalue weighted by molar-refractivity contribution is 0.0695. The highest BCUT2D eigenvalue weighted by Gasteiger charge is 2.32. The molecule has 3 rings (SSSR count). The van der Waals surface area contributed by atoms with Gasteiger partial charge in [-0.1, -0.05) is 12.1 Å². The minimum absolute atomic E-state index is 0.0534. The van der Waals surface area contributed by atoms with Crippen LogP contribution in [-0.4, -0.2) is 38.7 Å². The molecular weight excluding hydrogens is 294 g/mol. The maximum atomic E-state index is 12.7. The summed E-state index contributed by atoms with van der Waals surface area (Å²) in [5.41, 5.74) is 2.82. The molecule has 0 aliphatic heterocycles. The zero-order valence-electron chi connectivity index (χ0n) is 13.2. The zero-order chi connectivity index (χ0) is 16.6. The number of aryl methyl sites for hydroxylation is 1. The quantitative estimate of drug-likeness (QED) is 0.919. The van der Waals surface area contributed by atoms with Crippen molar-refractivity contribution in [1.82, 2.24) is 14.7 Å². The summed E-state index contributed by atoms with van der Waals surface area (Å²) in [6, 6.07) is 6.57. The van der Waals surface area contributed by atoms with Gasteiger partial charge in [-0.05, 0) is 30.5 Å². The Labute approximate surface area is 134 Å². The fourth-order valence-corrected chi connectivity index (χ4v) is 2.76. The van der Waals surface area contributed by atoms with Crippen molar-refractivity contribution in [3.63, 3.8) is 0 Å². The largest absolute Gasteiger partial charge is 0.478 e. The Hall–Kier alpha value is -2.63. The fourth-order valence-electron chi connectivity index (χ4n) is 2.76. The molecule has 6 heteroatoms. The van der Waals surface area contributed by atoms with Gasteiger partial charge in [-0.25, -0.2) is 4.79 Å². The summed E-state index contributed by atoms with van der Waals surface area (Å²) in [4.78, 5) is 25.2. The van der Waals surface area contributed by atoms with Crippen molar-refractivity contribution >= 4 is 11.9 Å². The minimum Gasteiger partial charge on any atom is -0.478 e. The summed E-state index contributed by atoms with van der Waals surface area (Å²) in [7, 11) is 3.62. The van der Waals surface area contributed by atoms with Crippen LogP contribution in [0.4, 0.5) is 0 Å². The van der Waals surface area contributed by atoms with E-state index in [1.165, 1.54) is 0 Å². The second kappa shape index (κ2) is 5.87. The van der Waals surface area contributed by atoms with Crippen molar-refractivity contribution in [2.75, 3.05) is 7.05 Å². The summed E-state index contributed by atoms with van der Waals surface area (Å²) in [5, 5.41) is 13.1. The molecule has 0 bridgehead atoms. The molecule has 0 atom stereocenters. The van der Waals surface area contributed by atoms with Gasteiger partial charge < -0.3 is 10.0 Å². The molecule has 120 valence electrons. The Balaban J connectivity index is 1.74. The molecule has 1 N–H and O–H groups in total. The number of aromatic carboxylic acids is 1. The number of carboxylic acids is 1. The number of amides is 1. The van der Waals surface area contributed by atoms with Crippen LogP contribution < -0.4 is 0 Å². The van der Waals surface area contributed by atoms with E-state index in [9.17, 15) is 9.59 Å². The molecule has 1 fully saturated rings. The number of nitrogens with zero attached hydrogens (tertiary/aromatic N) is 3. The van der Waals surface area contributed by atoms with Crippen molar-refractivity contribution in [2.24, 2.45) is 7.05 Å². The SMILES string of the molecule is CN(Cc1ccc(C(=O)O)cc1)C(=O)c1cnn(C)c1C1CC1. The van der Waals surface area contributed by atoms with Crippen LogP contribution in [0.3, 0.4) is 0 Å². The van der Waals surface area contributed by atoms with Gasteiger partial charge >= 0.3 is 5.97 Å². The molecule has 0 radical (unpaired) electrons. The van der Waals surface area contributed by atoms with Crippen LogP contribution in [0.25, 0.3) is 0 Å². The first-order chi connectivity index (χ1) is 11.0. The van der Waals surface area contributed by atoms with Crippen molar-refractivity contribution in [3.8, 4) is 0 Å². The van der Waals surface area contributed by atoms with Gasteiger partial charge in [-0.3, -0.25) is 9.48 Å². The lowest BCUT2D eigenvalue weighted by Crippen LogP contribution is -2.27. The highest BCUT2D eigenvalue weighted by Crippen LogP contribution is 2.41. The molecule has 1 aliphatic carbocycles. The van der Waals surface area contributed by atoms with Crippen molar-refractivity contribution in [1.29, 1.82) is 0 Å². The zero-order valence-corrected chi connectivity index (χ0v) is 13.2. The van der Waals surface area contributed by atoms with Gasteiger partial charge in [-0.2, -0.15) is 5.10 Å². The van der Waals surface area contributed by atoms with Crippen LogP contribution in [0.1, 0.15) is 50.7 Å². The van der Waals surface area contributed by atoms with E-state index >= 15 is 0 Å². The molecule has 1 heterocycles. The second-order valence-corrected chi connectivity index (χ2v) is 6.00. The number of carboxylic acid groups (broad SMARTS) is 1. The van der Waals surface area contributed by atoms with Gasteiger partial charge in [0.2, 0.25) is 0 Å². The van der Waals surface area contributed by atoms with Crippen LogP contribution >= 0.6 is 0 Å². The number of aromatic nitrogens is 2. The van der Waals surface area contributed by atoms with Gasteiger partial charge in [0, 0.05) is 26.6 Å². The number of rotatable bonds is 5. The number of carbonyl (C=O) groups excluding carboxylic acids is 1. The van der Waals surface area contributed by atoms with Gasteiger partial charge in [0.05, 0.1) is 23.0 Å². The maximum absolute atomic E-state index is 12.7. The monoisotopic (exact) mass is 313 g/mol. The second-order valence-electron chi connectivity index (χ2n) is 6.00. The summed E-state index contributed by atoms with van der Waals surface area (Å²) in [6.45, 7) is 0.428. The third-order valence-corrected chi connectivity index (χ3v) is 4.15. The lowest BCUT2D eigenvalue weighted by Gasteiger charge is -2.17. The topological polar surface area (TPSA) is 75.4 Å². The van der Waals surface area contributed by atoms with Crippen LogP contribution in [0.5, 0.6) is 0 Å². The van der Waals surface area contributed by atoms with Gasteiger partial charge in [-0.15, -0.1) is 0 Å². The van der Waals surface area contributed by atoms with Crippen LogP contribution in [0.2, 0.25) is 0 Å². The molecule has 1 aliphatic rings. The first kappa shape index (κ1) is 15.3. The number of benzene rings is 1. The highest BCUT2D eigenvalue weighted by atomic mass is 16.4. The minimum atomic E-state index is -0.953. The highest BCUT2D eigenvalue weighted by molar-refractivity contribution is 5.95.